The van der Waals surface area contributed by atoms with Crippen LogP contribution in [0, 0.1) is 0 Å². The standard InChI is InChI=1S/C13H16BrNO4/c14-9-3-1-8(2-4-9)11-5-12(11)19-7-10(6-16)15-13(17)18/h1-4,10-12,15-16H,5-7H2,(H,17,18)/t10?,11-,12+/m0/s1. The van der Waals surface area contributed by atoms with Crippen LogP contribution in [0.3, 0.4) is 0 Å². The highest BCUT2D eigenvalue weighted by molar-refractivity contribution is 9.10. The number of hydrogen-bond acceptors (Lipinski definition) is 3. The third-order valence-electron chi connectivity index (χ3n) is 3.09. The number of halogens is 1. The van der Waals surface area contributed by atoms with Crippen LogP contribution in [0.15, 0.2) is 28.7 Å². The second-order valence-corrected chi connectivity index (χ2v) is 5.51. The molecule has 1 aliphatic rings. The monoisotopic (exact) mass is 329 g/mol. The summed E-state index contributed by atoms with van der Waals surface area (Å²) in [5, 5.41) is 19.8. The van der Waals surface area contributed by atoms with Crippen molar-refractivity contribution in [2.75, 3.05) is 13.2 Å². The van der Waals surface area contributed by atoms with Gasteiger partial charge >= 0.3 is 6.09 Å². The number of hydrogen-bond donors (Lipinski definition) is 3. The van der Waals surface area contributed by atoms with Crippen LogP contribution >= 0.6 is 15.9 Å². The SMILES string of the molecule is O=C(O)NC(CO)CO[C@@H]1C[C@H]1c1ccc(Br)cc1. The molecule has 1 unspecified atom stereocenters. The lowest BCUT2D eigenvalue weighted by Crippen LogP contribution is -2.40. The summed E-state index contributed by atoms with van der Waals surface area (Å²) in [4.78, 5) is 10.5. The molecule has 0 bridgehead atoms. The van der Waals surface area contributed by atoms with Crippen molar-refractivity contribution >= 4 is 22.0 Å². The van der Waals surface area contributed by atoms with Gasteiger partial charge in [0, 0.05) is 10.4 Å². The lowest BCUT2D eigenvalue weighted by Gasteiger charge is -2.14. The molecule has 1 fully saturated rings. The molecule has 3 N–H and O–H groups in total. The van der Waals surface area contributed by atoms with Gasteiger partial charge in [-0.2, -0.15) is 0 Å². The van der Waals surface area contributed by atoms with Crippen molar-refractivity contribution in [1.82, 2.24) is 5.32 Å². The number of benzene rings is 1. The quantitative estimate of drug-likeness (QED) is 0.745. The van der Waals surface area contributed by atoms with E-state index in [4.69, 9.17) is 14.9 Å². The zero-order chi connectivity index (χ0) is 13.8. The molecule has 1 aliphatic carbocycles. The molecule has 2 rings (SSSR count). The topological polar surface area (TPSA) is 78.8 Å². The van der Waals surface area contributed by atoms with Crippen LogP contribution in [-0.2, 0) is 4.74 Å². The summed E-state index contributed by atoms with van der Waals surface area (Å²) in [5.74, 6) is 0.372. The van der Waals surface area contributed by atoms with Gasteiger partial charge < -0.3 is 20.3 Å². The molecule has 0 aromatic heterocycles. The highest BCUT2D eigenvalue weighted by Gasteiger charge is 2.39. The number of nitrogens with one attached hydrogen (secondary N) is 1. The van der Waals surface area contributed by atoms with E-state index in [-0.39, 0.29) is 19.3 Å². The maximum Gasteiger partial charge on any atom is 0.405 e. The van der Waals surface area contributed by atoms with Crippen molar-refractivity contribution in [3.63, 3.8) is 0 Å². The van der Waals surface area contributed by atoms with Crippen molar-refractivity contribution in [3.8, 4) is 0 Å². The molecular weight excluding hydrogens is 314 g/mol. The normalized spacial score (nSPS) is 22.8. The molecule has 3 atom stereocenters. The molecule has 6 heteroatoms. The zero-order valence-electron chi connectivity index (χ0n) is 10.3. The van der Waals surface area contributed by atoms with E-state index >= 15 is 0 Å². The van der Waals surface area contributed by atoms with Gasteiger partial charge in [-0.15, -0.1) is 0 Å². The Kier molecular flexibility index (Phi) is 4.79. The number of carbonyl (C=O) groups is 1. The fourth-order valence-electron chi connectivity index (χ4n) is 1.97. The Balaban J connectivity index is 1.77. The molecule has 0 aliphatic heterocycles. The summed E-state index contributed by atoms with van der Waals surface area (Å²) in [5.41, 5.74) is 1.22. The van der Waals surface area contributed by atoms with Crippen molar-refractivity contribution in [2.24, 2.45) is 0 Å². The second kappa shape index (κ2) is 6.36. The maximum absolute atomic E-state index is 10.5. The fraction of sp³-hybridized carbons (Fsp3) is 0.462. The van der Waals surface area contributed by atoms with Gasteiger partial charge in [0.2, 0.25) is 0 Å². The van der Waals surface area contributed by atoms with Crippen LogP contribution in [0.25, 0.3) is 0 Å². The summed E-state index contributed by atoms with van der Waals surface area (Å²) in [6, 6.07) is 7.53. The first-order chi connectivity index (χ1) is 9.10. The van der Waals surface area contributed by atoms with Gasteiger partial charge in [-0.25, -0.2) is 4.79 Å². The van der Waals surface area contributed by atoms with Crippen molar-refractivity contribution in [3.05, 3.63) is 34.3 Å². The third kappa shape index (κ3) is 4.19. The molecule has 1 amide bonds. The molecule has 0 spiro atoms. The Labute approximate surface area is 119 Å². The number of carboxylic acid groups (broad SMARTS) is 1. The zero-order valence-corrected chi connectivity index (χ0v) is 11.8. The summed E-state index contributed by atoms with van der Waals surface area (Å²) in [6.45, 7) is -0.0670. The molecule has 0 radical (unpaired) electrons. The average Bonchev–Trinajstić information content (AvgIpc) is 3.14. The summed E-state index contributed by atoms with van der Waals surface area (Å²) in [7, 11) is 0. The minimum Gasteiger partial charge on any atom is -0.465 e. The van der Waals surface area contributed by atoms with Gasteiger partial charge in [0.25, 0.3) is 0 Å². The van der Waals surface area contributed by atoms with Crippen molar-refractivity contribution in [1.29, 1.82) is 0 Å². The Morgan fingerprint density at radius 1 is 1.47 bits per heavy atom. The lowest BCUT2D eigenvalue weighted by molar-refractivity contribution is 0.0736. The van der Waals surface area contributed by atoms with Gasteiger partial charge in [0.1, 0.15) is 0 Å². The predicted octanol–water partition coefficient (Wildman–Crippen LogP) is 1.95. The van der Waals surface area contributed by atoms with Crippen molar-refractivity contribution < 1.29 is 19.7 Å². The van der Waals surface area contributed by atoms with E-state index in [1.807, 2.05) is 12.1 Å². The Morgan fingerprint density at radius 2 is 2.16 bits per heavy atom. The van der Waals surface area contributed by atoms with E-state index in [0.29, 0.717) is 5.92 Å². The Bertz CT molecular complexity index is 437. The molecule has 5 nitrogen and oxygen atoms in total. The van der Waals surface area contributed by atoms with E-state index in [0.717, 1.165) is 10.9 Å². The van der Waals surface area contributed by atoms with E-state index in [2.05, 4.69) is 33.4 Å². The minimum atomic E-state index is -1.15. The van der Waals surface area contributed by atoms with Crippen LogP contribution in [-0.4, -0.2) is 41.7 Å². The van der Waals surface area contributed by atoms with Gasteiger partial charge in [0.05, 0.1) is 25.4 Å². The Hall–Kier alpha value is -1.11. The van der Waals surface area contributed by atoms with E-state index < -0.39 is 12.1 Å². The van der Waals surface area contributed by atoms with Gasteiger partial charge in [-0.3, -0.25) is 0 Å². The first-order valence-corrected chi connectivity index (χ1v) is 6.87. The Morgan fingerprint density at radius 3 is 2.74 bits per heavy atom. The van der Waals surface area contributed by atoms with E-state index in [1.54, 1.807) is 0 Å². The second-order valence-electron chi connectivity index (χ2n) is 4.59. The molecule has 1 saturated carbocycles. The largest absolute Gasteiger partial charge is 0.465 e. The predicted molar refractivity (Wildman–Crippen MR) is 73.3 cm³/mol. The summed E-state index contributed by atoms with van der Waals surface area (Å²) in [6.07, 6.45) is -0.0962. The van der Waals surface area contributed by atoms with Crippen LogP contribution in [0.1, 0.15) is 17.9 Å². The first kappa shape index (κ1) is 14.3. The smallest absolute Gasteiger partial charge is 0.405 e. The van der Waals surface area contributed by atoms with E-state index in [9.17, 15) is 4.79 Å². The highest BCUT2D eigenvalue weighted by Crippen LogP contribution is 2.43. The number of amides is 1. The fourth-order valence-corrected chi connectivity index (χ4v) is 2.24. The van der Waals surface area contributed by atoms with E-state index in [1.165, 1.54) is 5.56 Å². The molecule has 104 valence electrons. The van der Waals surface area contributed by atoms with Crippen LogP contribution in [0.5, 0.6) is 0 Å². The van der Waals surface area contributed by atoms with Crippen LogP contribution in [0.4, 0.5) is 4.79 Å². The lowest BCUT2D eigenvalue weighted by atomic mass is 10.1. The number of aliphatic hydroxyl groups is 1. The first-order valence-electron chi connectivity index (χ1n) is 6.07. The van der Waals surface area contributed by atoms with Gasteiger partial charge in [0.15, 0.2) is 0 Å². The molecule has 1 aromatic rings. The molecule has 0 heterocycles. The molecule has 19 heavy (non-hydrogen) atoms. The number of rotatable bonds is 6. The van der Waals surface area contributed by atoms with Crippen molar-refractivity contribution in [2.45, 2.75) is 24.5 Å². The number of aliphatic hydroxyl groups excluding tert-OH is 1. The van der Waals surface area contributed by atoms with Crippen LogP contribution < -0.4 is 5.32 Å². The summed E-state index contributed by atoms with van der Waals surface area (Å²) >= 11 is 3.39. The molecule has 0 saturated heterocycles. The number of ether oxygens (including phenoxy) is 1. The van der Waals surface area contributed by atoms with Gasteiger partial charge in [-0.05, 0) is 24.1 Å². The average molecular weight is 330 g/mol. The molecule has 1 aromatic carbocycles. The van der Waals surface area contributed by atoms with Crippen LogP contribution in [0.2, 0.25) is 0 Å². The minimum absolute atomic E-state index is 0.117. The summed E-state index contributed by atoms with van der Waals surface area (Å²) < 4.78 is 6.65. The third-order valence-corrected chi connectivity index (χ3v) is 3.62. The molecular formula is C13H16BrNO4. The highest BCUT2D eigenvalue weighted by atomic mass is 79.9. The van der Waals surface area contributed by atoms with Gasteiger partial charge in [-0.1, -0.05) is 28.1 Å². The maximum atomic E-state index is 10.5.